The molecule has 1 aliphatic rings. The van der Waals surface area contributed by atoms with E-state index in [9.17, 15) is 4.79 Å². The Bertz CT molecular complexity index is 434. The number of hydrogen-bond acceptors (Lipinski definition) is 5. The van der Waals surface area contributed by atoms with E-state index in [0.717, 1.165) is 31.9 Å². The molecule has 2 rings (SSSR count). The predicted octanol–water partition coefficient (Wildman–Crippen LogP) is -0.0366. The van der Waals surface area contributed by atoms with E-state index in [1.54, 1.807) is 6.20 Å². The summed E-state index contributed by atoms with van der Waals surface area (Å²) in [7, 11) is 4.16. The van der Waals surface area contributed by atoms with Crippen molar-refractivity contribution >= 4 is 11.7 Å². The average Bonchev–Trinajstić information content (AvgIpc) is 2.77. The predicted molar refractivity (Wildman–Crippen MR) is 69.4 cm³/mol. The maximum absolute atomic E-state index is 11.1. The average molecular weight is 249 g/mol. The maximum Gasteiger partial charge on any atom is 0.268 e. The molecule has 2 N–H and O–H groups in total. The Morgan fingerprint density at radius 3 is 3.00 bits per heavy atom. The molecule has 1 aliphatic heterocycles. The van der Waals surface area contributed by atoms with Gasteiger partial charge in [0.05, 0.1) is 12.4 Å². The van der Waals surface area contributed by atoms with E-state index < -0.39 is 5.91 Å². The van der Waals surface area contributed by atoms with E-state index in [4.69, 9.17) is 5.73 Å². The second-order valence-corrected chi connectivity index (χ2v) is 4.99. The molecule has 0 bridgehead atoms. The molecule has 1 aromatic heterocycles. The summed E-state index contributed by atoms with van der Waals surface area (Å²) < 4.78 is 0. The highest BCUT2D eigenvalue weighted by Gasteiger charge is 2.24. The zero-order valence-corrected chi connectivity index (χ0v) is 10.8. The van der Waals surface area contributed by atoms with Gasteiger partial charge in [0.2, 0.25) is 0 Å². The molecule has 18 heavy (non-hydrogen) atoms. The smallest absolute Gasteiger partial charge is 0.268 e. The topological polar surface area (TPSA) is 75.3 Å². The second-order valence-electron chi connectivity index (χ2n) is 4.99. The summed E-state index contributed by atoms with van der Waals surface area (Å²) in [6.07, 6.45) is 4.23. The van der Waals surface area contributed by atoms with Crippen molar-refractivity contribution in [2.75, 3.05) is 38.6 Å². The standard InChI is InChI=1S/C12H19N5O/c1-16(2)7-9-3-4-17(8-9)11-6-14-5-10(15-11)12(13)18/h5-6,9H,3-4,7-8H2,1-2H3,(H2,13,18)/t9-/m1/s1. The summed E-state index contributed by atoms with van der Waals surface area (Å²) in [5.41, 5.74) is 5.43. The van der Waals surface area contributed by atoms with Gasteiger partial charge >= 0.3 is 0 Å². The van der Waals surface area contributed by atoms with Crippen molar-refractivity contribution in [1.29, 1.82) is 0 Å². The zero-order valence-electron chi connectivity index (χ0n) is 10.8. The Hall–Kier alpha value is -1.69. The molecule has 2 heterocycles. The Labute approximate surface area is 107 Å². The number of nitrogens with zero attached hydrogens (tertiary/aromatic N) is 4. The van der Waals surface area contributed by atoms with Crippen molar-refractivity contribution in [3.05, 3.63) is 18.1 Å². The Morgan fingerprint density at radius 2 is 2.33 bits per heavy atom. The van der Waals surface area contributed by atoms with Crippen LogP contribution in [0.5, 0.6) is 0 Å². The molecule has 1 saturated heterocycles. The first kappa shape index (κ1) is 12.8. The molecule has 1 atom stereocenters. The summed E-state index contributed by atoms with van der Waals surface area (Å²) in [6, 6.07) is 0. The third-order valence-electron chi connectivity index (χ3n) is 3.11. The molecule has 98 valence electrons. The van der Waals surface area contributed by atoms with Gasteiger partial charge in [0, 0.05) is 19.6 Å². The minimum Gasteiger partial charge on any atom is -0.364 e. The third-order valence-corrected chi connectivity index (χ3v) is 3.11. The summed E-state index contributed by atoms with van der Waals surface area (Å²) in [6.45, 7) is 2.98. The quantitative estimate of drug-likeness (QED) is 0.810. The first-order valence-electron chi connectivity index (χ1n) is 6.08. The van der Waals surface area contributed by atoms with E-state index in [0.29, 0.717) is 5.92 Å². The van der Waals surface area contributed by atoms with Gasteiger partial charge in [0.15, 0.2) is 0 Å². The lowest BCUT2D eigenvalue weighted by atomic mass is 10.1. The van der Waals surface area contributed by atoms with Crippen LogP contribution in [-0.2, 0) is 0 Å². The van der Waals surface area contributed by atoms with Gasteiger partial charge in [-0.2, -0.15) is 0 Å². The molecule has 0 spiro atoms. The first-order valence-corrected chi connectivity index (χ1v) is 6.08. The number of carbonyl (C=O) groups is 1. The monoisotopic (exact) mass is 249 g/mol. The van der Waals surface area contributed by atoms with Crippen LogP contribution in [-0.4, -0.2) is 54.5 Å². The molecule has 0 aliphatic carbocycles. The molecule has 1 amide bonds. The van der Waals surface area contributed by atoms with E-state index in [1.807, 2.05) is 0 Å². The van der Waals surface area contributed by atoms with Gasteiger partial charge in [-0.05, 0) is 26.4 Å². The minimum absolute atomic E-state index is 0.226. The van der Waals surface area contributed by atoms with Crippen LogP contribution < -0.4 is 10.6 Å². The van der Waals surface area contributed by atoms with Crippen LogP contribution in [0.4, 0.5) is 5.82 Å². The van der Waals surface area contributed by atoms with Gasteiger partial charge < -0.3 is 15.5 Å². The Kier molecular flexibility index (Phi) is 3.76. The Balaban J connectivity index is 2.05. The fourth-order valence-electron chi connectivity index (χ4n) is 2.33. The largest absolute Gasteiger partial charge is 0.364 e. The van der Waals surface area contributed by atoms with E-state index in [1.165, 1.54) is 6.20 Å². The number of hydrogen-bond donors (Lipinski definition) is 1. The lowest BCUT2D eigenvalue weighted by molar-refractivity contribution is 0.0995. The van der Waals surface area contributed by atoms with E-state index in [-0.39, 0.29) is 5.69 Å². The van der Waals surface area contributed by atoms with Crippen molar-refractivity contribution in [1.82, 2.24) is 14.9 Å². The van der Waals surface area contributed by atoms with Gasteiger partial charge in [0.25, 0.3) is 5.91 Å². The summed E-state index contributed by atoms with van der Waals surface area (Å²) >= 11 is 0. The molecular weight excluding hydrogens is 230 g/mol. The highest BCUT2D eigenvalue weighted by molar-refractivity contribution is 5.90. The summed E-state index contributed by atoms with van der Waals surface area (Å²) in [5, 5.41) is 0. The highest BCUT2D eigenvalue weighted by atomic mass is 16.1. The van der Waals surface area contributed by atoms with Crippen LogP contribution in [0.1, 0.15) is 16.9 Å². The summed E-state index contributed by atoms with van der Waals surface area (Å²) in [4.78, 5) is 23.7. The van der Waals surface area contributed by atoms with Crippen LogP contribution in [0.15, 0.2) is 12.4 Å². The van der Waals surface area contributed by atoms with E-state index >= 15 is 0 Å². The summed E-state index contributed by atoms with van der Waals surface area (Å²) in [5.74, 6) is 0.847. The number of aromatic nitrogens is 2. The van der Waals surface area contributed by atoms with Gasteiger partial charge in [-0.15, -0.1) is 0 Å². The number of amides is 1. The molecule has 1 aromatic rings. The van der Waals surface area contributed by atoms with Crippen molar-refractivity contribution in [2.45, 2.75) is 6.42 Å². The molecule has 0 aromatic carbocycles. The Morgan fingerprint density at radius 1 is 1.56 bits per heavy atom. The fourth-order valence-corrected chi connectivity index (χ4v) is 2.33. The number of anilines is 1. The zero-order chi connectivity index (χ0) is 13.1. The lowest BCUT2D eigenvalue weighted by Gasteiger charge is -2.19. The van der Waals surface area contributed by atoms with Crippen LogP contribution in [0, 0.1) is 5.92 Å². The van der Waals surface area contributed by atoms with Crippen molar-refractivity contribution in [3.8, 4) is 0 Å². The molecule has 6 nitrogen and oxygen atoms in total. The molecule has 0 unspecified atom stereocenters. The van der Waals surface area contributed by atoms with Crippen molar-refractivity contribution in [2.24, 2.45) is 11.7 Å². The lowest BCUT2D eigenvalue weighted by Crippen LogP contribution is -2.26. The number of primary amides is 1. The fraction of sp³-hybridized carbons (Fsp3) is 0.583. The van der Waals surface area contributed by atoms with Crippen LogP contribution in [0.3, 0.4) is 0 Å². The van der Waals surface area contributed by atoms with Gasteiger partial charge in [0.1, 0.15) is 11.5 Å². The number of carbonyl (C=O) groups excluding carboxylic acids is 1. The minimum atomic E-state index is -0.534. The molecule has 1 fully saturated rings. The highest BCUT2D eigenvalue weighted by Crippen LogP contribution is 2.21. The van der Waals surface area contributed by atoms with Gasteiger partial charge in [-0.25, -0.2) is 4.98 Å². The molecule has 0 radical (unpaired) electrons. The van der Waals surface area contributed by atoms with Crippen LogP contribution >= 0.6 is 0 Å². The van der Waals surface area contributed by atoms with E-state index in [2.05, 4.69) is 33.9 Å². The number of rotatable bonds is 4. The molecular formula is C12H19N5O. The van der Waals surface area contributed by atoms with Crippen molar-refractivity contribution in [3.63, 3.8) is 0 Å². The van der Waals surface area contributed by atoms with Gasteiger partial charge in [-0.1, -0.05) is 0 Å². The molecule has 0 saturated carbocycles. The SMILES string of the molecule is CN(C)C[C@H]1CCN(c2cncc(C(N)=O)n2)C1. The first-order chi connectivity index (χ1) is 8.56. The van der Waals surface area contributed by atoms with Crippen LogP contribution in [0.2, 0.25) is 0 Å². The maximum atomic E-state index is 11.1. The molecule has 6 heteroatoms. The van der Waals surface area contributed by atoms with Crippen molar-refractivity contribution < 1.29 is 4.79 Å². The number of nitrogens with two attached hydrogens (primary N) is 1. The second kappa shape index (κ2) is 5.30. The third kappa shape index (κ3) is 2.95. The van der Waals surface area contributed by atoms with Crippen LogP contribution in [0.25, 0.3) is 0 Å². The normalized spacial score (nSPS) is 19.5. The van der Waals surface area contributed by atoms with Gasteiger partial charge in [-0.3, -0.25) is 9.78 Å².